The number of nitrogens with one attached hydrogen (secondary N) is 1. The van der Waals surface area contributed by atoms with E-state index in [1.54, 1.807) is 7.11 Å². The molecule has 1 aromatic carbocycles. The number of carbonyl (C=O) groups is 1. The van der Waals surface area contributed by atoms with Crippen molar-refractivity contribution in [3.05, 3.63) is 36.0 Å². The second-order valence-corrected chi connectivity index (χ2v) is 4.44. The molecule has 3 N–H and O–H groups in total. The number of fused-ring (bicyclic) bond motifs is 1. The summed E-state index contributed by atoms with van der Waals surface area (Å²) in [6.45, 7) is 0.597. The first-order valence-electron chi connectivity index (χ1n) is 6.20. The Morgan fingerprint density at radius 1 is 1.38 bits per heavy atom. The number of para-hydroxylation sites is 1. The first-order valence-corrected chi connectivity index (χ1v) is 6.20. The fraction of sp³-hybridized carbons (Fsp3) is 0.357. The summed E-state index contributed by atoms with van der Waals surface area (Å²) in [5.41, 5.74) is 8.35. The first-order chi connectivity index (χ1) is 9.87. The Bertz CT molecular complexity index is 567. The third kappa shape index (κ3) is 5.97. The van der Waals surface area contributed by atoms with Gasteiger partial charge in [0.25, 0.3) is 0 Å². The van der Waals surface area contributed by atoms with E-state index in [0.29, 0.717) is 6.61 Å². The molecule has 1 atom stereocenters. The number of nitrogens with two attached hydrogens (primary N) is 1. The number of rotatable bonds is 4. The van der Waals surface area contributed by atoms with Gasteiger partial charge in [0.15, 0.2) is 0 Å². The Labute approximate surface area is 120 Å². The summed E-state index contributed by atoms with van der Waals surface area (Å²) in [6.07, 6.45) is -2.83. The molecule has 0 radical (unpaired) electrons. The van der Waals surface area contributed by atoms with Crippen molar-refractivity contribution >= 4 is 17.2 Å². The molecule has 0 unspecified atom stereocenters. The lowest BCUT2D eigenvalue weighted by molar-refractivity contribution is -0.156. The van der Waals surface area contributed by atoms with E-state index < -0.39 is 12.5 Å². The molecule has 0 aliphatic heterocycles. The van der Waals surface area contributed by atoms with Crippen molar-refractivity contribution in [2.24, 2.45) is 5.73 Å². The maximum Gasteiger partial charge on any atom is 0.446 e. The number of hydrogen-bond donors (Lipinski definition) is 2. The molecular weight excluding hydrogens is 285 g/mol. The van der Waals surface area contributed by atoms with Crippen LogP contribution in [0.3, 0.4) is 0 Å². The van der Waals surface area contributed by atoms with E-state index in [1.165, 1.54) is 10.9 Å². The molecule has 7 heteroatoms. The highest BCUT2D eigenvalue weighted by Gasteiger charge is 2.24. The Hall–Kier alpha value is -1.86. The largest absolute Gasteiger partial charge is 0.446 e. The van der Waals surface area contributed by atoms with Gasteiger partial charge in [-0.05, 0) is 18.1 Å². The van der Waals surface area contributed by atoms with Crippen LogP contribution in [0.1, 0.15) is 5.56 Å². The maximum atomic E-state index is 10.4. The van der Waals surface area contributed by atoms with Crippen LogP contribution in [-0.2, 0) is 16.0 Å². The summed E-state index contributed by atoms with van der Waals surface area (Å²) in [5.74, 6) is 0. The van der Waals surface area contributed by atoms with Crippen molar-refractivity contribution in [2.45, 2.75) is 18.6 Å². The van der Waals surface area contributed by atoms with Gasteiger partial charge in [-0.2, -0.15) is 13.2 Å². The molecule has 0 bridgehead atoms. The predicted octanol–water partition coefficient (Wildman–Crippen LogP) is 2.43. The van der Waals surface area contributed by atoms with E-state index in [9.17, 15) is 13.2 Å². The molecule has 0 saturated heterocycles. The van der Waals surface area contributed by atoms with Crippen LogP contribution in [-0.4, -0.2) is 37.2 Å². The van der Waals surface area contributed by atoms with Crippen molar-refractivity contribution in [1.82, 2.24) is 4.98 Å². The topological polar surface area (TPSA) is 68.1 Å². The van der Waals surface area contributed by atoms with E-state index in [4.69, 9.17) is 15.3 Å². The number of aromatic nitrogens is 1. The number of halogens is 3. The lowest BCUT2D eigenvalue weighted by atomic mass is 10.1. The van der Waals surface area contributed by atoms with E-state index in [1.807, 2.05) is 18.3 Å². The highest BCUT2D eigenvalue weighted by atomic mass is 19.4. The van der Waals surface area contributed by atoms with Gasteiger partial charge in [0.2, 0.25) is 6.29 Å². The zero-order valence-electron chi connectivity index (χ0n) is 11.5. The van der Waals surface area contributed by atoms with Crippen molar-refractivity contribution in [2.75, 3.05) is 13.7 Å². The fourth-order valence-corrected chi connectivity index (χ4v) is 1.86. The summed E-state index contributed by atoms with van der Waals surface area (Å²) in [4.78, 5) is 11.9. The summed E-state index contributed by atoms with van der Waals surface area (Å²) in [5, 5.41) is 1.25. The maximum absolute atomic E-state index is 10.4. The minimum atomic E-state index is -4.64. The van der Waals surface area contributed by atoms with Crippen LogP contribution in [0, 0.1) is 0 Å². The van der Waals surface area contributed by atoms with Crippen molar-refractivity contribution in [3.8, 4) is 0 Å². The van der Waals surface area contributed by atoms with Gasteiger partial charge in [-0.1, -0.05) is 18.2 Å². The zero-order valence-corrected chi connectivity index (χ0v) is 11.5. The minimum Gasteiger partial charge on any atom is -0.383 e. The van der Waals surface area contributed by atoms with Crippen molar-refractivity contribution in [3.63, 3.8) is 0 Å². The van der Waals surface area contributed by atoms with Gasteiger partial charge in [0.1, 0.15) is 0 Å². The molecule has 0 spiro atoms. The number of benzene rings is 1. The van der Waals surface area contributed by atoms with Crippen LogP contribution >= 0.6 is 0 Å². The van der Waals surface area contributed by atoms with Crippen LogP contribution < -0.4 is 5.73 Å². The predicted molar refractivity (Wildman–Crippen MR) is 74.0 cm³/mol. The molecule has 2 aromatic rings. The van der Waals surface area contributed by atoms with Gasteiger partial charge in [0.05, 0.1) is 6.61 Å². The SMILES string of the molecule is COC[C@H](N)Cc1c[nH]c2ccccc12.O=CC(F)(F)F. The fourth-order valence-electron chi connectivity index (χ4n) is 1.86. The number of aromatic amines is 1. The molecule has 1 aromatic heterocycles. The number of H-pyrrole nitrogens is 1. The molecule has 0 fully saturated rings. The third-order valence-electron chi connectivity index (χ3n) is 2.67. The highest BCUT2D eigenvalue weighted by Crippen LogP contribution is 2.18. The Morgan fingerprint density at radius 3 is 2.57 bits per heavy atom. The van der Waals surface area contributed by atoms with Gasteiger partial charge in [-0.15, -0.1) is 0 Å². The third-order valence-corrected chi connectivity index (χ3v) is 2.67. The minimum absolute atomic E-state index is 0.0641. The van der Waals surface area contributed by atoms with E-state index in [-0.39, 0.29) is 6.04 Å². The average Bonchev–Trinajstić information content (AvgIpc) is 2.82. The van der Waals surface area contributed by atoms with Gasteiger partial charge in [0, 0.05) is 30.3 Å². The van der Waals surface area contributed by atoms with Crippen LogP contribution in [0.25, 0.3) is 10.9 Å². The van der Waals surface area contributed by atoms with Crippen molar-refractivity contribution in [1.29, 1.82) is 0 Å². The zero-order chi connectivity index (χ0) is 15.9. The van der Waals surface area contributed by atoms with Gasteiger partial charge in [-0.3, -0.25) is 4.79 Å². The molecular formula is C14H17F3N2O2. The monoisotopic (exact) mass is 302 g/mol. The van der Waals surface area contributed by atoms with Gasteiger partial charge >= 0.3 is 6.18 Å². The molecule has 4 nitrogen and oxygen atoms in total. The van der Waals surface area contributed by atoms with E-state index >= 15 is 0 Å². The van der Waals surface area contributed by atoms with E-state index in [0.717, 1.165) is 11.9 Å². The summed E-state index contributed by atoms with van der Waals surface area (Å²) < 4.78 is 36.3. The normalized spacial score (nSPS) is 12.6. The lowest BCUT2D eigenvalue weighted by Gasteiger charge is -2.08. The lowest BCUT2D eigenvalue weighted by Crippen LogP contribution is -2.27. The van der Waals surface area contributed by atoms with Gasteiger partial charge in [-0.25, -0.2) is 0 Å². The van der Waals surface area contributed by atoms with Crippen LogP contribution in [0.15, 0.2) is 30.5 Å². The quantitative estimate of drug-likeness (QED) is 0.852. The average molecular weight is 302 g/mol. The smallest absolute Gasteiger partial charge is 0.383 e. The molecule has 2 rings (SSSR count). The molecule has 21 heavy (non-hydrogen) atoms. The van der Waals surface area contributed by atoms with Crippen LogP contribution in [0.2, 0.25) is 0 Å². The molecule has 116 valence electrons. The molecule has 0 saturated carbocycles. The number of alkyl halides is 3. The number of methoxy groups -OCH3 is 1. The Kier molecular flexibility index (Phi) is 6.39. The Morgan fingerprint density at radius 2 is 2.00 bits per heavy atom. The molecule has 1 heterocycles. The van der Waals surface area contributed by atoms with Crippen LogP contribution in [0.5, 0.6) is 0 Å². The number of carbonyl (C=O) groups excluding carboxylic acids is 1. The highest BCUT2D eigenvalue weighted by molar-refractivity contribution is 5.83. The second-order valence-electron chi connectivity index (χ2n) is 4.44. The summed E-state index contributed by atoms with van der Waals surface area (Å²) in [7, 11) is 1.68. The van der Waals surface area contributed by atoms with E-state index in [2.05, 4.69) is 17.1 Å². The van der Waals surface area contributed by atoms with Crippen molar-refractivity contribution < 1.29 is 22.7 Å². The summed E-state index contributed by atoms with van der Waals surface area (Å²) in [6, 6.07) is 8.31. The first kappa shape index (κ1) is 17.2. The van der Waals surface area contributed by atoms with Gasteiger partial charge < -0.3 is 15.5 Å². The summed E-state index contributed by atoms with van der Waals surface area (Å²) >= 11 is 0. The second kappa shape index (κ2) is 7.80. The molecule has 0 aliphatic rings. The standard InChI is InChI=1S/C12H16N2O.C2HF3O/c1-15-8-10(13)6-9-7-14-12-5-3-2-4-11(9)12;3-2(4,5)1-6/h2-5,7,10,14H,6,8,13H2,1H3;1H/t10-;/m1./s1. The molecule has 0 amide bonds. The number of ether oxygens (including phenoxy) is 1. The van der Waals surface area contributed by atoms with Crippen LogP contribution in [0.4, 0.5) is 13.2 Å². The number of hydrogen-bond acceptors (Lipinski definition) is 3. The number of aldehydes is 1. The Balaban J connectivity index is 0.000000315. The molecule has 0 aliphatic carbocycles.